The lowest BCUT2D eigenvalue weighted by atomic mass is 10.2. The summed E-state index contributed by atoms with van der Waals surface area (Å²) in [5.74, 6) is 2.39. The van der Waals surface area contributed by atoms with Gasteiger partial charge in [0.1, 0.15) is 5.82 Å². The Balaban J connectivity index is 2.09. The van der Waals surface area contributed by atoms with E-state index in [9.17, 15) is 13.2 Å². The number of anilines is 1. The van der Waals surface area contributed by atoms with Gasteiger partial charge in [-0.25, -0.2) is 4.98 Å². The van der Waals surface area contributed by atoms with Gasteiger partial charge in [0.2, 0.25) is 0 Å². The average molecular weight is 297 g/mol. The summed E-state index contributed by atoms with van der Waals surface area (Å²) in [5.41, 5.74) is -0.823. The summed E-state index contributed by atoms with van der Waals surface area (Å²) in [6.45, 7) is 0. The van der Waals surface area contributed by atoms with Crippen molar-refractivity contribution in [3.8, 4) is 0 Å². The fourth-order valence-electron chi connectivity index (χ4n) is 1.75. The summed E-state index contributed by atoms with van der Waals surface area (Å²) in [4.78, 5) is 3.77. The molecule has 2 rings (SSSR count). The third kappa shape index (κ3) is 3.45. The van der Waals surface area contributed by atoms with E-state index in [1.807, 2.05) is 11.8 Å². The van der Waals surface area contributed by atoms with E-state index < -0.39 is 11.7 Å². The van der Waals surface area contributed by atoms with Crippen LogP contribution in [0.15, 0.2) is 12.3 Å². The first-order valence-corrected chi connectivity index (χ1v) is 7.07. The minimum Gasteiger partial charge on any atom is -0.365 e. The second-order valence-corrected chi connectivity index (χ2v) is 5.67. The molecule has 100 valence electrons. The molecule has 1 atom stereocenters. The largest absolute Gasteiger partial charge is 0.417 e. The number of halogens is 4. The van der Waals surface area contributed by atoms with Crippen LogP contribution in [0.2, 0.25) is 5.02 Å². The number of thioether (sulfide) groups is 1. The van der Waals surface area contributed by atoms with Gasteiger partial charge in [0.05, 0.1) is 10.6 Å². The molecule has 1 aromatic rings. The zero-order chi connectivity index (χ0) is 13.2. The molecule has 2 nitrogen and oxygen atoms in total. The second kappa shape index (κ2) is 5.57. The van der Waals surface area contributed by atoms with Crippen LogP contribution in [0.5, 0.6) is 0 Å². The number of nitrogens with one attached hydrogen (secondary N) is 1. The summed E-state index contributed by atoms with van der Waals surface area (Å²) < 4.78 is 37.3. The van der Waals surface area contributed by atoms with Gasteiger partial charge in [-0.05, 0) is 24.7 Å². The van der Waals surface area contributed by atoms with E-state index in [-0.39, 0.29) is 11.1 Å². The van der Waals surface area contributed by atoms with Gasteiger partial charge in [-0.15, -0.1) is 0 Å². The summed E-state index contributed by atoms with van der Waals surface area (Å²) in [6, 6.07) is 1.14. The Bertz CT molecular complexity index is 419. The summed E-state index contributed by atoms with van der Waals surface area (Å²) in [7, 11) is 0. The number of nitrogens with zero attached hydrogens (tertiary/aromatic N) is 1. The molecule has 0 spiro atoms. The van der Waals surface area contributed by atoms with Crippen LogP contribution in [0.25, 0.3) is 0 Å². The molecule has 0 saturated carbocycles. The molecular formula is C11H12ClF3N2S. The molecule has 1 fully saturated rings. The molecule has 1 aliphatic heterocycles. The van der Waals surface area contributed by atoms with E-state index in [1.54, 1.807) is 0 Å². The highest BCUT2D eigenvalue weighted by Crippen LogP contribution is 2.33. The zero-order valence-corrected chi connectivity index (χ0v) is 11.0. The Morgan fingerprint density at radius 1 is 1.44 bits per heavy atom. The Labute approximate surface area is 112 Å². The molecule has 1 saturated heterocycles. The Morgan fingerprint density at radius 3 is 2.78 bits per heavy atom. The molecule has 1 aliphatic rings. The quantitative estimate of drug-likeness (QED) is 0.891. The van der Waals surface area contributed by atoms with Gasteiger partial charge >= 0.3 is 6.18 Å². The minimum absolute atomic E-state index is 0.0143. The van der Waals surface area contributed by atoms with Crippen molar-refractivity contribution in [1.29, 1.82) is 0 Å². The maximum absolute atomic E-state index is 12.4. The van der Waals surface area contributed by atoms with Crippen LogP contribution in [0.1, 0.15) is 18.4 Å². The van der Waals surface area contributed by atoms with E-state index in [1.165, 1.54) is 0 Å². The Hall–Kier alpha value is -0.620. The lowest BCUT2D eigenvalue weighted by Gasteiger charge is -2.23. The summed E-state index contributed by atoms with van der Waals surface area (Å²) in [6.07, 6.45) is -1.51. The molecule has 1 unspecified atom stereocenters. The highest BCUT2D eigenvalue weighted by molar-refractivity contribution is 7.99. The van der Waals surface area contributed by atoms with Crippen LogP contribution < -0.4 is 5.32 Å². The van der Waals surface area contributed by atoms with Gasteiger partial charge in [-0.1, -0.05) is 11.6 Å². The van der Waals surface area contributed by atoms with Crippen LogP contribution in [-0.4, -0.2) is 22.5 Å². The first-order valence-electron chi connectivity index (χ1n) is 5.54. The molecule has 0 amide bonds. The molecule has 2 heterocycles. The van der Waals surface area contributed by atoms with Gasteiger partial charge < -0.3 is 5.32 Å². The van der Waals surface area contributed by atoms with E-state index in [4.69, 9.17) is 11.6 Å². The number of hydrogen-bond acceptors (Lipinski definition) is 3. The smallest absolute Gasteiger partial charge is 0.365 e. The topological polar surface area (TPSA) is 24.9 Å². The van der Waals surface area contributed by atoms with Crippen molar-refractivity contribution in [3.63, 3.8) is 0 Å². The molecule has 1 N–H and O–H groups in total. The predicted octanol–water partition coefficient (Wildman–Crippen LogP) is 4.06. The highest BCUT2D eigenvalue weighted by Gasteiger charge is 2.31. The zero-order valence-electron chi connectivity index (χ0n) is 9.43. The van der Waals surface area contributed by atoms with Crippen molar-refractivity contribution in [2.75, 3.05) is 16.8 Å². The maximum atomic E-state index is 12.4. The number of aromatic nitrogens is 1. The van der Waals surface area contributed by atoms with E-state index >= 15 is 0 Å². The summed E-state index contributed by atoms with van der Waals surface area (Å²) in [5, 5.41) is 3.11. The lowest BCUT2D eigenvalue weighted by molar-refractivity contribution is -0.137. The normalized spacial score (nSPS) is 20.8. The average Bonchev–Trinajstić information content (AvgIpc) is 2.32. The molecule has 18 heavy (non-hydrogen) atoms. The molecule has 0 bridgehead atoms. The van der Waals surface area contributed by atoms with E-state index in [2.05, 4.69) is 10.3 Å². The molecular weight excluding hydrogens is 285 g/mol. The SMILES string of the molecule is FC(F)(F)c1cnc(NC2CCCSC2)c(Cl)c1. The third-order valence-corrected chi connectivity index (χ3v) is 4.17. The van der Waals surface area contributed by atoms with Gasteiger partial charge in [-0.3, -0.25) is 0 Å². The molecule has 0 radical (unpaired) electrons. The number of hydrogen-bond donors (Lipinski definition) is 1. The van der Waals surface area contributed by atoms with Crippen molar-refractivity contribution in [1.82, 2.24) is 4.98 Å². The number of rotatable bonds is 2. The Kier molecular flexibility index (Phi) is 4.27. The fourth-order valence-corrected chi connectivity index (χ4v) is 3.04. The molecule has 0 aliphatic carbocycles. The van der Waals surface area contributed by atoms with Gasteiger partial charge in [0.25, 0.3) is 0 Å². The van der Waals surface area contributed by atoms with Crippen molar-refractivity contribution in [2.45, 2.75) is 25.1 Å². The standard InChI is InChI=1S/C11H12ClF3N2S/c12-9-4-7(11(13,14)15)5-16-10(9)17-8-2-1-3-18-6-8/h4-5,8H,1-3,6H2,(H,16,17). The van der Waals surface area contributed by atoms with Crippen LogP contribution in [0, 0.1) is 0 Å². The fraction of sp³-hybridized carbons (Fsp3) is 0.545. The highest BCUT2D eigenvalue weighted by atomic mass is 35.5. The van der Waals surface area contributed by atoms with Gasteiger partial charge in [-0.2, -0.15) is 24.9 Å². The van der Waals surface area contributed by atoms with Crippen molar-refractivity contribution >= 4 is 29.2 Å². The first kappa shape index (κ1) is 13.8. The maximum Gasteiger partial charge on any atom is 0.417 e. The summed E-state index contributed by atoms with van der Waals surface area (Å²) >= 11 is 7.65. The molecule has 7 heteroatoms. The van der Waals surface area contributed by atoms with Crippen LogP contribution in [-0.2, 0) is 6.18 Å². The monoisotopic (exact) mass is 296 g/mol. The second-order valence-electron chi connectivity index (χ2n) is 4.11. The molecule has 1 aromatic heterocycles. The van der Waals surface area contributed by atoms with Gasteiger partial charge in [0.15, 0.2) is 0 Å². The lowest BCUT2D eigenvalue weighted by Crippen LogP contribution is -2.26. The van der Waals surface area contributed by atoms with Gasteiger partial charge in [0, 0.05) is 18.0 Å². The molecule has 0 aromatic carbocycles. The van der Waals surface area contributed by atoms with E-state index in [0.29, 0.717) is 5.82 Å². The Morgan fingerprint density at radius 2 is 2.22 bits per heavy atom. The third-order valence-electron chi connectivity index (χ3n) is 2.67. The number of alkyl halides is 3. The van der Waals surface area contributed by atoms with Crippen molar-refractivity contribution < 1.29 is 13.2 Å². The van der Waals surface area contributed by atoms with Crippen molar-refractivity contribution in [3.05, 3.63) is 22.8 Å². The van der Waals surface area contributed by atoms with Crippen LogP contribution in [0.3, 0.4) is 0 Å². The number of pyridine rings is 1. The predicted molar refractivity (Wildman–Crippen MR) is 68.2 cm³/mol. The van der Waals surface area contributed by atoms with Crippen LogP contribution in [0.4, 0.5) is 19.0 Å². The minimum atomic E-state index is -4.41. The van der Waals surface area contributed by atoms with Crippen molar-refractivity contribution in [2.24, 2.45) is 0 Å². The first-order chi connectivity index (χ1) is 8.47. The van der Waals surface area contributed by atoms with Crippen LogP contribution >= 0.6 is 23.4 Å². The van der Waals surface area contributed by atoms with E-state index in [0.717, 1.165) is 36.6 Å².